The molecule has 1 aromatic rings. The van der Waals surface area contributed by atoms with Gasteiger partial charge in [-0.3, -0.25) is 4.79 Å². The average Bonchev–Trinajstić information content (AvgIpc) is 2.38. The first kappa shape index (κ1) is 13.7. The predicted octanol–water partition coefficient (Wildman–Crippen LogP) is 1.20. The number of anilines is 3. The Hall–Kier alpha value is -1.75. The van der Waals surface area contributed by atoms with E-state index < -0.39 is 0 Å². The Bertz CT molecular complexity index is 473. The number of nitrogens with two attached hydrogens (primary N) is 1. The second-order valence-electron chi connectivity index (χ2n) is 5.00. The molecule has 104 valence electrons. The first-order chi connectivity index (χ1) is 9.11. The first-order valence-corrected chi connectivity index (χ1v) is 6.70. The van der Waals surface area contributed by atoms with Crippen LogP contribution in [0.1, 0.15) is 18.4 Å². The lowest BCUT2D eigenvalue weighted by atomic mass is 10.0. The summed E-state index contributed by atoms with van der Waals surface area (Å²) in [5, 5.41) is 6.01. The number of nitrogen functional groups attached to an aromatic ring is 1. The standard InChI is InChI=1S/C14H22N4O/c1-16-6-3-7-18(2)13-8-10-4-5-14(19)17-12(10)9-11(13)15/h8-9,16H,3-7,15H2,1-2H3,(H,17,19). The van der Waals surface area contributed by atoms with Gasteiger partial charge in [-0.2, -0.15) is 0 Å². The van der Waals surface area contributed by atoms with Gasteiger partial charge in [0.15, 0.2) is 0 Å². The zero-order chi connectivity index (χ0) is 13.8. The zero-order valence-corrected chi connectivity index (χ0v) is 11.6. The molecule has 1 aliphatic heterocycles. The Labute approximate surface area is 114 Å². The minimum atomic E-state index is 0.0713. The van der Waals surface area contributed by atoms with Crippen molar-refractivity contribution in [1.29, 1.82) is 0 Å². The van der Waals surface area contributed by atoms with Gasteiger partial charge in [0, 0.05) is 25.7 Å². The number of aryl methyl sites for hydroxylation is 1. The summed E-state index contributed by atoms with van der Waals surface area (Å²) in [5.41, 5.74) is 9.88. The van der Waals surface area contributed by atoms with Crippen LogP contribution in [0, 0.1) is 0 Å². The van der Waals surface area contributed by atoms with E-state index in [9.17, 15) is 4.79 Å². The van der Waals surface area contributed by atoms with E-state index in [4.69, 9.17) is 5.73 Å². The Morgan fingerprint density at radius 3 is 2.95 bits per heavy atom. The molecule has 4 N–H and O–H groups in total. The highest BCUT2D eigenvalue weighted by Crippen LogP contribution is 2.32. The van der Waals surface area contributed by atoms with Crippen molar-refractivity contribution >= 4 is 23.0 Å². The molecule has 19 heavy (non-hydrogen) atoms. The fourth-order valence-corrected chi connectivity index (χ4v) is 2.38. The van der Waals surface area contributed by atoms with Crippen LogP contribution >= 0.6 is 0 Å². The number of carbonyl (C=O) groups excluding carboxylic acids is 1. The second-order valence-corrected chi connectivity index (χ2v) is 5.00. The Kier molecular flexibility index (Phi) is 4.27. The van der Waals surface area contributed by atoms with Gasteiger partial charge in [0.1, 0.15) is 0 Å². The number of nitrogens with zero attached hydrogens (tertiary/aromatic N) is 1. The molecule has 1 aliphatic rings. The van der Waals surface area contributed by atoms with Crippen LogP contribution in [0.25, 0.3) is 0 Å². The smallest absolute Gasteiger partial charge is 0.224 e. The Balaban J connectivity index is 2.15. The van der Waals surface area contributed by atoms with Gasteiger partial charge in [0.05, 0.1) is 11.4 Å². The lowest BCUT2D eigenvalue weighted by Gasteiger charge is -2.25. The van der Waals surface area contributed by atoms with Crippen molar-refractivity contribution in [3.8, 4) is 0 Å². The number of carbonyl (C=O) groups is 1. The summed E-state index contributed by atoms with van der Waals surface area (Å²) >= 11 is 0. The first-order valence-electron chi connectivity index (χ1n) is 6.70. The highest BCUT2D eigenvalue weighted by Gasteiger charge is 2.17. The molecule has 1 heterocycles. The molecular weight excluding hydrogens is 240 g/mol. The zero-order valence-electron chi connectivity index (χ0n) is 11.6. The van der Waals surface area contributed by atoms with Crippen molar-refractivity contribution in [3.05, 3.63) is 17.7 Å². The van der Waals surface area contributed by atoms with E-state index in [0.29, 0.717) is 12.1 Å². The van der Waals surface area contributed by atoms with Crippen LogP contribution in [-0.2, 0) is 11.2 Å². The van der Waals surface area contributed by atoms with Gasteiger partial charge >= 0.3 is 0 Å². The number of rotatable bonds is 5. The van der Waals surface area contributed by atoms with Gasteiger partial charge < -0.3 is 21.3 Å². The minimum Gasteiger partial charge on any atom is -0.397 e. The SMILES string of the molecule is CNCCCN(C)c1cc2c(cc1N)NC(=O)CC2. The highest BCUT2D eigenvalue weighted by atomic mass is 16.1. The van der Waals surface area contributed by atoms with Crippen LogP contribution in [0.5, 0.6) is 0 Å². The molecule has 0 saturated heterocycles. The van der Waals surface area contributed by atoms with E-state index in [0.717, 1.165) is 37.3 Å². The van der Waals surface area contributed by atoms with Crippen LogP contribution in [0.15, 0.2) is 12.1 Å². The van der Waals surface area contributed by atoms with Crippen molar-refractivity contribution < 1.29 is 4.79 Å². The topological polar surface area (TPSA) is 70.4 Å². The normalized spacial score (nSPS) is 13.9. The minimum absolute atomic E-state index is 0.0713. The number of nitrogens with one attached hydrogen (secondary N) is 2. The molecule has 0 atom stereocenters. The van der Waals surface area contributed by atoms with Crippen molar-refractivity contribution in [1.82, 2.24) is 5.32 Å². The number of hydrogen-bond donors (Lipinski definition) is 3. The Morgan fingerprint density at radius 2 is 2.21 bits per heavy atom. The van der Waals surface area contributed by atoms with Gasteiger partial charge in [0.25, 0.3) is 0 Å². The molecular formula is C14H22N4O. The molecule has 1 aromatic carbocycles. The Morgan fingerprint density at radius 1 is 1.42 bits per heavy atom. The van der Waals surface area contributed by atoms with Gasteiger partial charge in [-0.05, 0) is 44.1 Å². The molecule has 0 aliphatic carbocycles. The molecule has 1 amide bonds. The molecule has 5 heteroatoms. The van der Waals surface area contributed by atoms with Crippen LogP contribution in [-0.4, -0.2) is 33.1 Å². The summed E-state index contributed by atoms with van der Waals surface area (Å²) in [7, 11) is 4.01. The van der Waals surface area contributed by atoms with E-state index in [2.05, 4.69) is 28.6 Å². The fraction of sp³-hybridized carbons (Fsp3) is 0.500. The van der Waals surface area contributed by atoms with Crippen molar-refractivity contribution in [2.75, 3.05) is 43.1 Å². The molecule has 0 fully saturated rings. The highest BCUT2D eigenvalue weighted by molar-refractivity contribution is 5.95. The van der Waals surface area contributed by atoms with Crippen molar-refractivity contribution in [2.45, 2.75) is 19.3 Å². The maximum atomic E-state index is 11.4. The largest absolute Gasteiger partial charge is 0.397 e. The summed E-state index contributed by atoms with van der Waals surface area (Å²) < 4.78 is 0. The van der Waals surface area contributed by atoms with Crippen LogP contribution in [0.3, 0.4) is 0 Å². The molecule has 5 nitrogen and oxygen atoms in total. The molecule has 0 spiro atoms. The maximum Gasteiger partial charge on any atom is 0.224 e. The van der Waals surface area contributed by atoms with Gasteiger partial charge in [0.2, 0.25) is 5.91 Å². The molecule has 0 radical (unpaired) electrons. The molecule has 0 saturated carbocycles. The molecule has 2 rings (SSSR count). The third-order valence-electron chi connectivity index (χ3n) is 3.48. The van der Waals surface area contributed by atoms with E-state index in [1.807, 2.05) is 13.1 Å². The van der Waals surface area contributed by atoms with E-state index in [1.54, 1.807) is 0 Å². The molecule has 0 unspecified atom stereocenters. The van der Waals surface area contributed by atoms with Crippen molar-refractivity contribution in [3.63, 3.8) is 0 Å². The average molecular weight is 262 g/mol. The summed E-state index contributed by atoms with van der Waals surface area (Å²) in [4.78, 5) is 13.5. The van der Waals surface area contributed by atoms with Gasteiger partial charge in [-0.1, -0.05) is 0 Å². The van der Waals surface area contributed by atoms with E-state index in [1.165, 1.54) is 5.56 Å². The number of amides is 1. The number of benzene rings is 1. The second kappa shape index (κ2) is 5.93. The number of fused-ring (bicyclic) bond motifs is 1. The molecule has 0 bridgehead atoms. The predicted molar refractivity (Wildman–Crippen MR) is 79.6 cm³/mol. The summed E-state index contributed by atoms with van der Waals surface area (Å²) in [6.45, 7) is 1.95. The maximum absolute atomic E-state index is 11.4. The van der Waals surface area contributed by atoms with E-state index >= 15 is 0 Å². The van der Waals surface area contributed by atoms with Crippen LogP contribution in [0.4, 0.5) is 17.1 Å². The lowest BCUT2D eigenvalue weighted by Crippen LogP contribution is -2.24. The summed E-state index contributed by atoms with van der Waals surface area (Å²) in [5.74, 6) is 0.0713. The quantitative estimate of drug-likeness (QED) is 0.551. The summed E-state index contributed by atoms with van der Waals surface area (Å²) in [6, 6.07) is 3.97. The van der Waals surface area contributed by atoms with E-state index in [-0.39, 0.29) is 5.91 Å². The fourth-order valence-electron chi connectivity index (χ4n) is 2.38. The lowest BCUT2D eigenvalue weighted by molar-refractivity contribution is -0.116. The third kappa shape index (κ3) is 3.17. The molecule has 0 aromatic heterocycles. The van der Waals surface area contributed by atoms with Gasteiger partial charge in [-0.15, -0.1) is 0 Å². The van der Waals surface area contributed by atoms with Crippen LogP contribution in [0.2, 0.25) is 0 Å². The third-order valence-corrected chi connectivity index (χ3v) is 3.48. The van der Waals surface area contributed by atoms with Crippen molar-refractivity contribution in [2.24, 2.45) is 0 Å². The monoisotopic (exact) mass is 262 g/mol. The summed E-state index contributed by atoms with van der Waals surface area (Å²) in [6.07, 6.45) is 2.42. The number of hydrogen-bond acceptors (Lipinski definition) is 4. The van der Waals surface area contributed by atoms with Gasteiger partial charge in [-0.25, -0.2) is 0 Å². The van der Waals surface area contributed by atoms with Crippen LogP contribution < -0.4 is 21.3 Å².